The van der Waals surface area contributed by atoms with Gasteiger partial charge >= 0.3 is 0 Å². The number of likely N-dealkylation sites (tertiary alicyclic amines) is 1. The molecule has 2 aromatic carbocycles. The van der Waals surface area contributed by atoms with Gasteiger partial charge in [-0.05, 0) is 68.7 Å². The van der Waals surface area contributed by atoms with E-state index >= 15 is 0 Å². The summed E-state index contributed by atoms with van der Waals surface area (Å²) in [4.78, 5) is 19.3. The number of nitrogens with zero attached hydrogens (tertiary/aromatic N) is 5. The van der Waals surface area contributed by atoms with Gasteiger partial charge in [0.2, 0.25) is 17.8 Å². The summed E-state index contributed by atoms with van der Waals surface area (Å²) >= 11 is 0. The van der Waals surface area contributed by atoms with Crippen molar-refractivity contribution in [2.24, 2.45) is 0 Å². The smallest absolute Gasteiger partial charge is 0.236 e. The van der Waals surface area contributed by atoms with Crippen molar-refractivity contribution in [1.29, 1.82) is 0 Å². The third-order valence-corrected chi connectivity index (χ3v) is 7.32. The number of piperidine rings is 1. The molecule has 0 unspecified atom stereocenters. The first-order valence-corrected chi connectivity index (χ1v) is 12.9. The molecule has 0 bridgehead atoms. The van der Waals surface area contributed by atoms with E-state index in [1.165, 1.54) is 49.3 Å². The lowest BCUT2D eigenvalue weighted by molar-refractivity contribution is 0.254. The van der Waals surface area contributed by atoms with E-state index in [-0.39, 0.29) is 0 Å². The van der Waals surface area contributed by atoms with E-state index in [2.05, 4.69) is 74.9 Å². The molecule has 1 aromatic heterocycles. The fourth-order valence-electron chi connectivity index (χ4n) is 5.32. The number of rotatable bonds is 6. The first-order valence-electron chi connectivity index (χ1n) is 12.9. The van der Waals surface area contributed by atoms with Crippen LogP contribution in [0.1, 0.15) is 51.4 Å². The third kappa shape index (κ3) is 5.25. The quantitative estimate of drug-likeness (QED) is 0.476. The van der Waals surface area contributed by atoms with Crippen molar-refractivity contribution >= 4 is 34.3 Å². The van der Waals surface area contributed by atoms with Gasteiger partial charge < -0.3 is 20.4 Å². The number of benzene rings is 2. The summed E-state index contributed by atoms with van der Waals surface area (Å²) < 4.78 is 0. The minimum atomic E-state index is 0.343. The Kier molecular flexibility index (Phi) is 7.09. The van der Waals surface area contributed by atoms with Gasteiger partial charge in [-0.1, -0.05) is 56.0 Å². The summed E-state index contributed by atoms with van der Waals surface area (Å²) in [6, 6.07) is 16.0. The minimum absolute atomic E-state index is 0.343. The lowest BCUT2D eigenvalue weighted by Crippen LogP contribution is -2.42. The third-order valence-electron chi connectivity index (χ3n) is 7.32. The molecule has 2 aliphatic rings. The number of hydrogen-bond donors (Lipinski definition) is 2. The molecule has 7 nitrogen and oxygen atoms in total. The van der Waals surface area contributed by atoms with E-state index in [9.17, 15) is 0 Å². The van der Waals surface area contributed by atoms with Crippen molar-refractivity contribution < 1.29 is 0 Å². The number of fused-ring (bicyclic) bond motifs is 1. The zero-order chi connectivity index (χ0) is 23.3. The highest BCUT2D eigenvalue weighted by molar-refractivity contribution is 5.86. The predicted octanol–water partition coefficient (Wildman–Crippen LogP) is 5.43. The first kappa shape index (κ1) is 22.8. The topological polar surface area (TPSA) is 69.2 Å². The van der Waals surface area contributed by atoms with Gasteiger partial charge in [-0.3, -0.25) is 0 Å². The highest BCUT2D eigenvalue weighted by atomic mass is 15.3. The lowest BCUT2D eigenvalue weighted by atomic mass is 10.0. The summed E-state index contributed by atoms with van der Waals surface area (Å²) in [5.74, 6) is 2.01. The van der Waals surface area contributed by atoms with Crippen LogP contribution in [0.5, 0.6) is 0 Å². The normalized spacial score (nSPS) is 18.5. The van der Waals surface area contributed by atoms with Gasteiger partial charge in [-0.2, -0.15) is 15.0 Å². The average molecular weight is 460 g/mol. The van der Waals surface area contributed by atoms with Crippen LogP contribution in [0.4, 0.5) is 23.5 Å². The zero-order valence-corrected chi connectivity index (χ0v) is 20.5. The molecular formula is C27H37N7. The van der Waals surface area contributed by atoms with Crippen LogP contribution < -0.4 is 15.5 Å². The van der Waals surface area contributed by atoms with Crippen molar-refractivity contribution in [2.75, 3.05) is 42.7 Å². The molecule has 7 heteroatoms. The van der Waals surface area contributed by atoms with Gasteiger partial charge in [-0.15, -0.1) is 0 Å². The second kappa shape index (κ2) is 10.6. The van der Waals surface area contributed by atoms with E-state index in [1.54, 1.807) is 0 Å². The SMILES string of the molecule is CNc1nc(NC2CCCCCC2)nc(N(c2ccc3ccccc3c2)C2CCN(C)CC2)n1. The van der Waals surface area contributed by atoms with Crippen molar-refractivity contribution in [3.05, 3.63) is 42.5 Å². The second-order valence-corrected chi connectivity index (χ2v) is 9.80. The predicted molar refractivity (Wildman–Crippen MR) is 141 cm³/mol. The molecule has 3 aromatic rings. The van der Waals surface area contributed by atoms with Crippen LogP contribution in [0.15, 0.2) is 42.5 Å². The molecule has 0 atom stereocenters. The molecule has 0 amide bonds. The molecular weight excluding hydrogens is 422 g/mol. The summed E-state index contributed by atoms with van der Waals surface area (Å²) in [6.45, 7) is 2.15. The Morgan fingerprint density at radius 3 is 2.26 bits per heavy atom. The highest BCUT2D eigenvalue weighted by Gasteiger charge is 2.28. The average Bonchev–Trinajstić information content (AvgIpc) is 3.14. The van der Waals surface area contributed by atoms with Gasteiger partial charge in [-0.25, -0.2) is 0 Å². The van der Waals surface area contributed by atoms with Crippen LogP contribution >= 0.6 is 0 Å². The molecule has 0 spiro atoms. The van der Waals surface area contributed by atoms with Crippen molar-refractivity contribution in [2.45, 2.75) is 63.5 Å². The zero-order valence-electron chi connectivity index (χ0n) is 20.5. The van der Waals surface area contributed by atoms with Crippen LogP contribution in [0.25, 0.3) is 10.8 Å². The lowest BCUT2D eigenvalue weighted by Gasteiger charge is -2.37. The molecule has 34 heavy (non-hydrogen) atoms. The maximum atomic E-state index is 5.00. The molecule has 2 N–H and O–H groups in total. The Morgan fingerprint density at radius 2 is 1.53 bits per heavy atom. The van der Waals surface area contributed by atoms with Crippen LogP contribution in [0, 0.1) is 0 Å². The van der Waals surface area contributed by atoms with Crippen LogP contribution in [0.2, 0.25) is 0 Å². The Hall–Kier alpha value is -2.93. The Morgan fingerprint density at radius 1 is 0.824 bits per heavy atom. The number of hydrogen-bond acceptors (Lipinski definition) is 7. The van der Waals surface area contributed by atoms with E-state index in [0.29, 0.717) is 24.0 Å². The van der Waals surface area contributed by atoms with Gasteiger partial charge in [0.15, 0.2) is 0 Å². The van der Waals surface area contributed by atoms with E-state index in [0.717, 1.165) is 37.6 Å². The standard InChI is InChI=1S/C27H37N7/c1-28-25-30-26(29-22-11-5-3-4-6-12-22)32-27(31-25)34(23-15-17-33(2)18-16-23)24-14-13-20-9-7-8-10-21(20)19-24/h7-10,13-14,19,22-23H,3-6,11-12,15-18H2,1-2H3,(H2,28,29,30,31,32). The largest absolute Gasteiger partial charge is 0.357 e. The Bertz CT molecular complexity index is 1090. The van der Waals surface area contributed by atoms with Gasteiger partial charge in [0.25, 0.3) is 0 Å². The van der Waals surface area contributed by atoms with Gasteiger partial charge in [0, 0.05) is 24.8 Å². The Labute approximate surface area is 203 Å². The van der Waals surface area contributed by atoms with E-state index in [1.807, 2.05) is 7.05 Å². The van der Waals surface area contributed by atoms with E-state index < -0.39 is 0 Å². The highest BCUT2D eigenvalue weighted by Crippen LogP contribution is 2.33. The van der Waals surface area contributed by atoms with Gasteiger partial charge in [0.05, 0.1) is 0 Å². The summed E-state index contributed by atoms with van der Waals surface area (Å²) in [5.41, 5.74) is 1.14. The van der Waals surface area contributed by atoms with Crippen molar-refractivity contribution in [3.8, 4) is 0 Å². The molecule has 2 heterocycles. The fourth-order valence-corrected chi connectivity index (χ4v) is 5.32. The molecule has 1 saturated carbocycles. The molecule has 0 radical (unpaired) electrons. The van der Waals surface area contributed by atoms with Gasteiger partial charge in [0.1, 0.15) is 0 Å². The molecule has 5 rings (SSSR count). The molecule has 1 aliphatic heterocycles. The molecule has 1 aliphatic carbocycles. The maximum absolute atomic E-state index is 5.00. The molecule has 1 saturated heterocycles. The molecule has 2 fully saturated rings. The fraction of sp³-hybridized carbons (Fsp3) is 0.519. The van der Waals surface area contributed by atoms with Crippen LogP contribution in [-0.2, 0) is 0 Å². The Balaban J connectivity index is 1.52. The molecule has 180 valence electrons. The summed E-state index contributed by atoms with van der Waals surface area (Å²) in [5, 5.41) is 9.29. The number of aromatic nitrogens is 3. The van der Waals surface area contributed by atoms with Crippen molar-refractivity contribution in [1.82, 2.24) is 19.9 Å². The maximum Gasteiger partial charge on any atom is 0.236 e. The number of anilines is 4. The number of nitrogens with one attached hydrogen (secondary N) is 2. The first-order chi connectivity index (χ1) is 16.7. The van der Waals surface area contributed by atoms with Crippen LogP contribution in [0.3, 0.4) is 0 Å². The second-order valence-electron chi connectivity index (χ2n) is 9.80. The summed E-state index contributed by atoms with van der Waals surface area (Å²) in [7, 11) is 4.08. The van der Waals surface area contributed by atoms with E-state index in [4.69, 9.17) is 9.97 Å². The van der Waals surface area contributed by atoms with Crippen molar-refractivity contribution in [3.63, 3.8) is 0 Å². The minimum Gasteiger partial charge on any atom is -0.357 e. The van der Waals surface area contributed by atoms with Crippen LogP contribution in [-0.4, -0.2) is 59.1 Å². The monoisotopic (exact) mass is 459 g/mol. The summed E-state index contributed by atoms with van der Waals surface area (Å²) in [6.07, 6.45) is 9.71.